The fourth-order valence-electron chi connectivity index (χ4n) is 4.31. The van der Waals surface area contributed by atoms with Crippen LogP contribution in [0, 0.1) is 5.82 Å². The Morgan fingerprint density at radius 2 is 1.60 bits per heavy atom. The van der Waals surface area contributed by atoms with Crippen molar-refractivity contribution in [3.63, 3.8) is 0 Å². The van der Waals surface area contributed by atoms with Crippen LogP contribution in [0.25, 0.3) is 0 Å². The van der Waals surface area contributed by atoms with E-state index in [1.165, 1.54) is 42.6 Å². The smallest absolute Gasteiger partial charge is 0.421 e. The maximum atomic E-state index is 14.1. The third-order valence-corrected chi connectivity index (χ3v) is 6.36. The van der Waals surface area contributed by atoms with Crippen LogP contribution in [0.15, 0.2) is 91.1 Å². The first-order chi connectivity index (χ1) is 19.0. The standard InChI is InChI=1S/C28H19ClF5N3O3/c29-19-10-12-24(35-16-19)26(15-17-5-2-1-3-6-17,37-25(38)36-21-8-4-7-20(30)14-21)18-9-11-22-23(13-18)40-28(33,34)27(31,32)39-22/h1-14,16H,15H2,(H2,36,37,38). The number of ether oxygens (including phenoxy) is 2. The van der Waals surface area contributed by atoms with Gasteiger partial charge in [0.25, 0.3) is 0 Å². The number of nitrogens with one attached hydrogen (secondary N) is 2. The summed E-state index contributed by atoms with van der Waals surface area (Å²) in [6.45, 7) is 0. The molecule has 0 saturated heterocycles. The average Bonchev–Trinajstić information content (AvgIpc) is 2.89. The molecule has 0 spiro atoms. The monoisotopic (exact) mass is 575 g/mol. The molecule has 1 aliphatic heterocycles. The highest BCUT2D eigenvalue weighted by molar-refractivity contribution is 6.30. The summed E-state index contributed by atoms with van der Waals surface area (Å²) in [5.41, 5.74) is -0.402. The molecule has 0 saturated carbocycles. The quantitative estimate of drug-likeness (QED) is 0.240. The Morgan fingerprint density at radius 3 is 2.27 bits per heavy atom. The minimum atomic E-state index is -4.96. The molecule has 0 aliphatic carbocycles. The van der Waals surface area contributed by atoms with Crippen LogP contribution >= 0.6 is 11.6 Å². The van der Waals surface area contributed by atoms with Gasteiger partial charge in [0.05, 0.1) is 10.7 Å². The molecule has 3 aromatic carbocycles. The molecule has 12 heteroatoms. The van der Waals surface area contributed by atoms with E-state index in [0.29, 0.717) is 5.56 Å². The van der Waals surface area contributed by atoms with Crippen LogP contribution in [0.4, 0.5) is 32.4 Å². The summed E-state index contributed by atoms with van der Waals surface area (Å²) < 4.78 is 78.0. The number of anilines is 1. The van der Waals surface area contributed by atoms with Gasteiger partial charge in [-0.3, -0.25) is 4.98 Å². The molecule has 1 aliphatic rings. The molecule has 0 radical (unpaired) electrons. The van der Waals surface area contributed by atoms with Gasteiger partial charge in [-0.05, 0) is 53.6 Å². The third-order valence-electron chi connectivity index (χ3n) is 6.14. The average molecular weight is 576 g/mol. The fraction of sp³-hybridized carbons (Fsp3) is 0.143. The summed E-state index contributed by atoms with van der Waals surface area (Å²) in [6.07, 6.45) is -8.51. The fourth-order valence-corrected chi connectivity index (χ4v) is 4.42. The maximum absolute atomic E-state index is 14.1. The van der Waals surface area contributed by atoms with Gasteiger partial charge in [-0.15, -0.1) is 0 Å². The molecule has 2 N–H and O–H groups in total. The minimum absolute atomic E-state index is 0.0191. The normalized spacial score (nSPS) is 16.4. The second-order valence-corrected chi connectivity index (χ2v) is 9.35. The lowest BCUT2D eigenvalue weighted by atomic mass is 9.80. The van der Waals surface area contributed by atoms with Crippen molar-refractivity contribution in [1.29, 1.82) is 0 Å². The van der Waals surface area contributed by atoms with E-state index < -0.39 is 41.1 Å². The van der Waals surface area contributed by atoms with Crippen molar-refractivity contribution < 1.29 is 36.2 Å². The van der Waals surface area contributed by atoms with Crippen molar-refractivity contribution in [3.05, 3.63) is 119 Å². The van der Waals surface area contributed by atoms with Gasteiger partial charge in [-0.1, -0.05) is 54.1 Å². The molecule has 5 rings (SSSR count). The zero-order chi connectivity index (χ0) is 28.5. The van der Waals surface area contributed by atoms with Gasteiger partial charge in [0.15, 0.2) is 11.5 Å². The van der Waals surface area contributed by atoms with Crippen LogP contribution in [0.5, 0.6) is 11.5 Å². The highest BCUT2D eigenvalue weighted by Gasteiger charge is 2.66. The molecule has 0 bridgehead atoms. The number of pyridine rings is 1. The number of hydrogen-bond acceptors (Lipinski definition) is 4. The SMILES string of the molecule is O=C(Nc1cccc(F)c1)NC(Cc1ccccc1)(c1ccc2c(c1)OC(F)(F)C(F)(F)O2)c1ccc(Cl)cn1. The number of amides is 2. The van der Waals surface area contributed by atoms with Crippen LogP contribution in [0.3, 0.4) is 0 Å². The largest absolute Gasteiger partial charge is 0.507 e. The Kier molecular flexibility index (Phi) is 7.01. The van der Waals surface area contributed by atoms with Crippen molar-refractivity contribution in [3.8, 4) is 11.5 Å². The lowest BCUT2D eigenvalue weighted by molar-refractivity contribution is -0.391. The summed E-state index contributed by atoms with van der Waals surface area (Å²) >= 11 is 6.06. The van der Waals surface area contributed by atoms with E-state index in [1.54, 1.807) is 30.3 Å². The van der Waals surface area contributed by atoms with Gasteiger partial charge in [0, 0.05) is 18.3 Å². The Labute approximate surface area is 229 Å². The number of halogens is 6. The number of carbonyl (C=O) groups excluding carboxylic acids is 1. The predicted octanol–water partition coefficient (Wildman–Crippen LogP) is 7.14. The number of nitrogens with zero attached hydrogens (tertiary/aromatic N) is 1. The lowest BCUT2D eigenvalue weighted by Gasteiger charge is -2.37. The van der Waals surface area contributed by atoms with Crippen LogP contribution in [-0.2, 0) is 12.0 Å². The van der Waals surface area contributed by atoms with Crippen molar-refractivity contribution >= 4 is 23.3 Å². The molecule has 206 valence electrons. The Bertz CT molecular complexity index is 1540. The van der Waals surface area contributed by atoms with Gasteiger partial charge in [-0.25, -0.2) is 9.18 Å². The number of aromatic nitrogens is 1. The maximum Gasteiger partial charge on any atom is 0.507 e. The van der Waals surface area contributed by atoms with E-state index in [-0.39, 0.29) is 28.4 Å². The van der Waals surface area contributed by atoms with Gasteiger partial charge >= 0.3 is 18.2 Å². The van der Waals surface area contributed by atoms with Crippen molar-refractivity contribution in [2.24, 2.45) is 0 Å². The summed E-state index contributed by atoms with van der Waals surface area (Å²) in [4.78, 5) is 17.7. The van der Waals surface area contributed by atoms with E-state index in [2.05, 4.69) is 25.1 Å². The first-order valence-corrected chi connectivity index (χ1v) is 12.1. The number of alkyl halides is 4. The van der Waals surface area contributed by atoms with Crippen molar-refractivity contribution in [2.75, 3.05) is 5.32 Å². The molecule has 1 unspecified atom stereocenters. The molecule has 0 fully saturated rings. The highest BCUT2D eigenvalue weighted by atomic mass is 35.5. The number of fused-ring (bicyclic) bond motifs is 1. The Morgan fingerprint density at radius 1 is 0.875 bits per heavy atom. The topological polar surface area (TPSA) is 72.5 Å². The second kappa shape index (κ2) is 10.3. The Hall–Kier alpha value is -4.38. The number of benzene rings is 3. The van der Waals surface area contributed by atoms with Crippen molar-refractivity contribution in [1.82, 2.24) is 10.3 Å². The van der Waals surface area contributed by atoms with Crippen LogP contribution in [0.1, 0.15) is 16.8 Å². The first kappa shape index (κ1) is 27.2. The zero-order valence-corrected chi connectivity index (χ0v) is 21.1. The predicted molar refractivity (Wildman–Crippen MR) is 136 cm³/mol. The van der Waals surface area contributed by atoms with Gasteiger partial charge in [0.2, 0.25) is 0 Å². The van der Waals surface area contributed by atoms with Gasteiger partial charge in [-0.2, -0.15) is 17.6 Å². The van der Waals surface area contributed by atoms with Crippen LogP contribution in [-0.4, -0.2) is 23.2 Å². The van der Waals surface area contributed by atoms with Crippen LogP contribution in [0.2, 0.25) is 5.02 Å². The summed E-state index contributed by atoms with van der Waals surface area (Å²) in [5.74, 6) is -1.88. The minimum Gasteiger partial charge on any atom is -0.421 e. The highest BCUT2D eigenvalue weighted by Crippen LogP contribution is 2.48. The van der Waals surface area contributed by atoms with E-state index in [4.69, 9.17) is 11.6 Å². The third kappa shape index (κ3) is 5.37. The van der Waals surface area contributed by atoms with E-state index in [0.717, 1.165) is 18.2 Å². The van der Waals surface area contributed by atoms with Gasteiger partial charge < -0.3 is 20.1 Å². The second-order valence-electron chi connectivity index (χ2n) is 8.92. The zero-order valence-electron chi connectivity index (χ0n) is 20.3. The lowest BCUT2D eigenvalue weighted by Crippen LogP contribution is -2.52. The van der Waals surface area contributed by atoms with E-state index in [1.807, 2.05) is 0 Å². The number of urea groups is 1. The summed E-state index contributed by atoms with van der Waals surface area (Å²) in [5, 5.41) is 5.66. The number of carbonyl (C=O) groups is 1. The molecule has 2 amide bonds. The molecule has 6 nitrogen and oxygen atoms in total. The summed E-state index contributed by atoms with van der Waals surface area (Å²) in [6, 6.07) is 19.7. The van der Waals surface area contributed by atoms with E-state index >= 15 is 0 Å². The van der Waals surface area contributed by atoms with Gasteiger partial charge in [0.1, 0.15) is 11.4 Å². The molecule has 4 aromatic rings. The molecule has 40 heavy (non-hydrogen) atoms. The summed E-state index contributed by atoms with van der Waals surface area (Å²) in [7, 11) is 0. The number of rotatable bonds is 6. The first-order valence-electron chi connectivity index (χ1n) is 11.8. The molecular formula is C28H19ClF5N3O3. The molecule has 1 aromatic heterocycles. The van der Waals surface area contributed by atoms with Crippen molar-refractivity contribution in [2.45, 2.75) is 24.2 Å². The van der Waals surface area contributed by atoms with Crippen LogP contribution < -0.4 is 20.1 Å². The Balaban J connectivity index is 1.65. The molecule has 1 atom stereocenters. The molecule has 2 heterocycles. The molecular weight excluding hydrogens is 557 g/mol. The van der Waals surface area contributed by atoms with E-state index in [9.17, 15) is 26.7 Å². The number of hydrogen-bond donors (Lipinski definition) is 2.